The molecule has 0 saturated heterocycles. The number of allylic oxidation sites excluding steroid dienone is 2. The highest BCUT2D eigenvalue weighted by Gasteiger charge is 2.50. The van der Waals surface area contributed by atoms with Gasteiger partial charge in [0.05, 0.1) is 24.0 Å². The van der Waals surface area contributed by atoms with Crippen molar-refractivity contribution in [1.82, 2.24) is 0 Å². The Morgan fingerprint density at radius 1 is 1.03 bits per heavy atom. The van der Waals surface area contributed by atoms with E-state index < -0.39 is 17.4 Å². The number of anilines is 1. The number of ether oxygens (including phenoxy) is 1. The van der Waals surface area contributed by atoms with Crippen molar-refractivity contribution in [2.75, 3.05) is 24.6 Å². The van der Waals surface area contributed by atoms with Crippen LogP contribution in [0.25, 0.3) is 0 Å². The molecule has 2 heterocycles. The normalized spacial score (nSPS) is 24.7. The van der Waals surface area contributed by atoms with Gasteiger partial charge in [-0.05, 0) is 38.8 Å². The molecule has 0 spiro atoms. The Hall–Kier alpha value is -3.51. The molecule has 1 fully saturated rings. The van der Waals surface area contributed by atoms with Crippen LogP contribution in [0.3, 0.4) is 0 Å². The molecule has 2 unspecified atom stereocenters. The smallest absolute Gasteiger partial charge is 0.372 e. The van der Waals surface area contributed by atoms with Gasteiger partial charge in [-0.3, -0.25) is 4.79 Å². The van der Waals surface area contributed by atoms with Crippen LogP contribution in [-0.2, 0) is 25.2 Å². The predicted molar refractivity (Wildman–Crippen MR) is 154 cm³/mol. The van der Waals surface area contributed by atoms with Crippen LogP contribution in [0.5, 0.6) is 0 Å². The molecule has 0 radical (unpaired) electrons. The molecule has 1 saturated carbocycles. The van der Waals surface area contributed by atoms with Crippen molar-refractivity contribution in [3.05, 3.63) is 83.1 Å². The van der Waals surface area contributed by atoms with E-state index in [0.717, 1.165) is 35.6 Å². The number of esters is 1. The third kappa shape index (κ3) is 4.26. The molecule has 0 aromatic heterocycles. The second kappa shape index (κ2) is 9.91. The Bertz CT molecular complexity index is 1430. The van der Waals surface area contributed by atoms with Gasteiger partial charge in [0.15, 0.2) is 11.5 Å². The summed E-state index contributed by atoms with van der Waals surface area (Å²) in [6.45, 7) is 13.7. The first kappa shape index (κ1) is 27.1. The molecule has 3 aliphatic rings. The van der Waals surface area contributed by atoms with Crippen LogP contribution in [0.4, 0.5) is 11.4 Å². The molecule has 2 aliphatic heterocycles. The van der Waals surface area contributed by atoms with E-state index in [1.54, 1.807) is 13.0 Å². The number of Topliss-reactive ketones (excluding diaryl/α,β-unsaturated/α-hetero) is 1. The first-order chi connectivity index (χ1) is 18.5. The first-order valence-electron chi connectivity index (χ1n) is 14.0. The van der Waals surface area contributed by atoms with Crippen LogP contribution in [0.1, 0.15) is 59.1 Å². The molecule has 204 valence electrons. The molecule has 39 heavy (non-hydrogen) atoms. The maximum Gasteiger partial charge on any atom is 0.372 e. The third-order valence-electron chi connectivity index (χ3n) is 8.51. The lowest BCUT2D eigenvalue weighted by molar-refractivity contribution is -0.428. The van der Waals surface area contributed by atoms with Gasteiger partial charge in [-0.2, -0.15) is 4.58 Å². The van der Waals surface area contributed by atoms with E-state index in [9.17, 15) is 14.7 Å². The van der Waals surface area contributed by atoms with Crippen molar-refractivity contribution in [3.8, 4) is 0 Å². The van der Waals surface area contributed by atoms with Crippen LogP contribution < -0.4 is 4.90 Å². The number of ketones is 1. The predicted octanol–water partition coefficient (Wildman–Crippen LogP) is 5.20. The molecule has 2 aromatic rings. The van der Waals surface area contributed by atoms with Crippen molar-refractivity contribution in [1.29, 1.82) is 0 Å². The summed E-state index contributed by atoms with van der Waals surface area (Å²) in [6.07, 6.45) is 3.84. The van der Waals surface area contributed by atoms with Crippen LogP contribution >= 0.6 is 0 Å². The van der Waals surface area contributed by atoms with Gasteiger partial charge in [-0.1, -0.05) is 63.2 Å². The summed E-state index contributed by atoms with van der Waals surface area (Å²) in [5, 5.41) is 11.3. The number of benzene rings is 2. The highest BCUT2D eigenvalue weighted by Crippen LogP contribution is 2.49. The Labute approximate surface area is 231 Å². The maximum absolute atomic E-state index is 13.6. The monoisotopic (exact) mass is 527 g/mol. The Balaban J connectivity index is 1.51. The van der Waals surface area contributed by atoms with Gasteiger partial charge in [0.25, 0.3) is 0 Å². The average molecular weight is 528 g/mol. The zero-order chi connectivity index (χ0) is 28.1. The Morgan fingerprint density at radius 3 is 2.36 bits per heavy atom. The quantitative estimate of drug-likeness (QED) is 0.304. The van der Waals surface area contributed by atoms with Gasteiger partial charge in [0.2, 0.25) is 12.2 Å². The number of nitrogens with zero attached hydrogens (tertiary/aromatic N) is 2. The van der Waals surface area contributed by atoms with Crippen molar-refractivity contribution in [2.45, 2.75) is 64.9 Å². The van der Waals surface area contributed by atoms with E-state index >= 15 is 0 Å². The van der Waals surface area contributed by atoms with E-state index in [1.165, 1.54) is 11.3 Å². The number of aliphatic hydroxyl groups is 1. The summed E-state index contributed by atoms with van der Waals surface area (Å²) in [5.41, 5.74) is 5.93. The molecule has 1 N–H and O–H groups in total. The van der Waals surface area contributed by atoms with Gasteiger partial charge >= 0.3 is 5.97 Å². The van der Waals surface area contributed by atoms with Crippen molar-refractivity contribution >= 4 is 28.8 Å². The van der Waals surface area contributed by atoms with Gasteiger partial charge in [0.1, 0.15) is 0 Å². The van der Waals surface area contributed by atoms with E-state index in [0.29, 0.717) is 12.2 Å². The molecule has 6 heteroatoms. The van der Waals surface area contributed by atoms with Crippen LogP contribution in [-0.4, -0.2) is 52.9 Å². The minimum absolute atomic E-state index is 0.0452. The summed E-state index contributed by atoms with van der Waals surface area (Å²) in [5.74, 6) is -1.01. The third-order valence-corrected chi connectivity index (χ3v) is 8.51. The fourth-order valence-electron chi connectivity index (χ4n) is 6.43. The highest BCUT2D eigenvalue weighted by molar-refractivity contribution is 6.14. The van der Waals surface area contributed by atoms with Gasteiger partial charge in [0, 0.05) is 46.6 Å². The summed E-state index contributed by atoms with van der Waals surface area (Å²) >= 11 is 0. The SMILES string of the molecule is CCCN1C(=CC2C(=O)C(=CC3=[N+](CC(=O)OCC)c4ccccc4C3(C)C)C2O)C(C)(C)c2ccccc21. The molecule has 2 atom stereocenters. The zero-order valence-corrected chi connectivity index (χ0v) is 23.8. The largest absolute Gasteiger partial charge is 0.461 e. The molecular formula is C33H39N2O4+. The lowest BCUT2D eigenvalue weighted by Gasteiger charge is -2.35. The first-order valence-corrected chi connectivity index (χ1v) is 14.0. The molecule has 0 amide bonds. The van der Waals surface area contributed by atoms with Crippen molar-refractivity contribution < 1.29 is 24.0 Å². The number of hydrogen-bond donors (Lipinski definition) is 1. The standard InChI is InChI=1S/C33H39N2O4/c1-7-17-34-25-15-11-9-13-23(25)32(3,4)27(34)18-21-30(37)22(31(21)38)19-28-33(5,6)24-14-10-12-16-26(24)35(28)20-29(36)39-8-2/h9-16,18-19,21,30,37H,7-8,17,20H2,1-6H3/q+1. The van der Waals surface area contributed by atoms with Crippen molar-refractivity contribution in [3.63, 3.8) is 0 Å². The minimum Gasteiger partial charge on any atom is -0.461 e. The van der Waals surface area contributed by atoms with E-state index in [2.05, 4.69) is 57.7 Å². The summed E-state index contributed by atoms with van der Waals surface area (Å²) in [4.78, 5) is 28.4. The fourth-order valence-corrected chi connectivity index (χ4v) is 6.43. The van der Waals surface area contributed by atoms with Gasteiger partial charge in [-0.15, -0.1) is 0 Å². The zero-order valence-electron chi connectivity index (χ0n) is 23.8. The highest BCUT2D eigenvalue weighted by atomic mass is 16.5. The van der Waals surface area contributed by atoms with Gasteiger partial charge < -0.3 is 14.7 Å². The lowest BCUT2D eigenvalue weighted by atomic mass is 9.71. The van der Waals surface area contributed by atoms with Crippen LogP contribution in [0.15, 0.2) is 72.0 Å². The van der Waals surface area contributed by atoms with Gasteiger partial charge in [-0.25, -0.2) is 4.79 Å². The number of hydrogen-bond acceptors (Lipinski definition) is 5. The molecule has 5 rings (SSSR count). The lowest BCUT2D eigenvalue weighted by Crippen LogP contribution is -2.46. The second-order valence-electron chi connectivity index (χ2n) is 11.7. The van der Waals surface area contributed by atoms with E-state index in [1.807, 2.05) is 41.0 Å². The molecule has 6 nitrogen and oxygen atoms in total. The van der Waals surface area contributed by atoms with Crippen molar-refractivity contribution in [2.24, 2.45) is 5.92 Å². The molecule has 2 aromatic carbocycles. The fraction of sp³-hybridized carbons (Fsp3) is 0.424. The number of fused-ring (bicyclic) bond motifs is 2. The summed E-state index contributed by atoms with van der Waals surface area (Å²) in [6, 6.07) is 16.3. The average Bonchev–Trinajstić information content (AvgIpc) is 3.25. The molecule has 0 bridgehead atoms. The topological polar surface area (TPSA) is 69.9 Å². The number of carbonyl (C=O) groups excluding carboxylic acids is 2. The Kier molecular flexibility index (Phi) is 6.88. The van der Waals surface area contributed by atoms with E-state index in [4.69, 9.17) is 4.74 Å². The maximum atomic E-state index is 13.6. The second-order valence-corrected chi connectivity index (χ2v) is 11.7. The van der Waals surface area contributed by atoms with E-state index in [-0.39, 0.29) is 23.7 Å². The summed E-state index contributed by atoms with van der Waals surface area (Å²) < 4.78 is 7.17. The molecular weight excluding hydrogens is 488 g/mol. The van der Waals surface area contributed by atoms with Crippen LogP contribution in [0, 0.1) is 5.92 Å². The molecule has 1 aliphatic carbocycles. The summed E-state index contributed by atoms with van der Waals surface area (Å²) in [7, 11) is 0. The number of para-hydroxylation sites is 2. The number of aliphatic hydroxyl groups excluding tert-OH is 1. The number of rotatable bonds is 7. The van der Waals surface area contributed by atoms with Crippen LogP contribution in [0.2, 0.25) is 0 Å². The Morgan fingerprint density at radius 2 is 1.69 bits per heavy atom. The number of carbonyl (C=O) groups is 2. The minimum atomic E-state index is -0.913.